The summed E-state index contributed by atoms with van der Waals surface area (Å²) in [5.74, 6) is 0. The Balaban J connectivity index is 1.76. The number of rotatable bonds is 1. The van der Waals surface area contributed by atoms with Crippen molar-refractivity contribution in [2.24, 2.45) is 0 Å². The number of nitrogens with one attached hydrogen (secondary N) is 2. The summed E-state index contributed by atoms with van der Waals surface area (Å²) in [6.07, 6.45) is 3.89. The Bertz CT molecular complexity index is 300. The molecule has 3 heterocycles. The molecule has 3 fully saturated rings. The normalized spacial score (nSPS) is 39.8. The van der Waals surface area contributed by atoms with E-state index in [0.29, 0.717) is 18.2 Å². The Morgan fingerprint density at radius 3 is 2.79 bits per heavy atom. The maximum absolute atomic E-state index is 6.25. The number of ether oxygens (including phenoxy) is 1. The zero-order chi connectivity index (χ0) is 13.2. The zero-order valence-electron chi connectivity index (χ0n) is 11.6. The summed E-state index contributed by atoms with van der Waals surface area (Å²) < 4.78 is 5.50. The Morgan fingerprint density at radius 2 is 2.00 bits per heavy atom. The third kappa shape index (κ3) is 3.06. The van der Waals surface area contributed by atoms with Gasteiger partial charge in [-0.15, -0.1) is 0 Å². The number of alkyl halides is 1. The summed E-state index contributed by atoms with van der Waals surface area (Å²) in [4.78, 5) is 5.11. The molecule has 0 radical (unpaired) electrons. The van der Waals surface area contributed by atoms with Crippen LogP contribution in [0.25, 0.3) is 0 Å². The van der Waals surface area contributed by atoms with Gasteiger partial charge in [-0.2, -0.15) is 0 Å². The van der Waals surface area contributed by atoms with Crippen LogP contribution in [0.3, 0.4) is 0 Å². The van der Waals surface area contributed by atoms with Crippen molar-refractivity contribution in [2.45, 2.75) is 43.1 Å². The second kappa shape index (κ2) is 6.24. The molecule has 6 heteroatoms. The fourth-order valence-corrected chi connectivity index (χ4v) is 3.82. The lowest BCUT2D eigenvalue weighted by Crippen LogP contribution is -2.69. The van der Waals surface area contributed by atoms with Crippen LogP contribution in [0.4, 0.5) is 0 Å². The fraction of sp³-hybridized carbons (Fsp3) is 1.00. The average Bonchev–Trinajstić information content (AvgIpc) is 2.59. The second-order valence-corrected chi connectivity index (χ2v) is 6.30. The number of nitrogens with zero attached hydrogens (tertiary/aromatic N) is 2. The molecule has 0 saturated carbocycles. The fourth-order valence-electron chi connectivity index (χ4n) is 3.60. The van der Waals surface area contributed by atoms with Gasteiger partial charge in [-0.25, -0.2) is 0 Å². The first-order chi connectivity index (χ1) is 9.25. The smallest absolute Gasteiger partial charge is 0.136 e. The molecule has 0 aromatic heterocycles. The van der Waals surface area contributed by atoms with Crippen LogP contribution in [0, 0.1) is 0 Å². The minimum Gasteiger partial charge on any atom is -0.381 e. The Kier molecular flexibility index (Phi) is 4.62. The van der Waals surface area contributed by atoms with Gasteiger partial charge >= 0.3 is 0 Å². The molecule has 0 spiro atoms. The molecule has 110 valence electrons. The summed E-state index contributed by atoms with van der Waals surface area (Å²) in [6, 6.07) is 1.14. The van der Waals surface area contributed by atoms with Crippen LogP contribution in [0.15, 0.2) is 0 Å². The van der Waals surface area contributed by atoms with E-state index in [-0.39, 0.29) is 5.62 Å². The quantitative estimate of drug-likeness (QED) is 0.533. The lowest BCUT2D eigenvalue weighted by Gasteiger charge is -2.47. The second-order valence-electron chi connectivity index (χ2n) is 5.87. The summed E-state index contributed by atoms with van der Waals surface area (Å²) in [5, 5.41) is 6.86. The molecule has 3 saturated heterocycles. The predicted molar refractivity (Wildman–Crippen MR) is 76.1 cm³/mol. The third-order valence-corrected chi connectivity index (χ3v) is 4.98. The minimum atomic E-state index is -0.116. The molecule has 0 aromatic carbocycles. The SMILES string of the molecule is CN1CCCN(C2CCOCC2)C2NC(Cl)NCC21. The van der Waals surface area contributed by atoms with E-state index in [1.165, 1.54) is 6.42 Å². The van der Waals surface area contributed by atoms with E-state index in [9.17, 15) is 0 Å². The topological polar surface area (TPSA) is 39.8 Å². The zero-order valence-corrected chi connectivity index (χ0v) is 12.4. The van der Waals surface area contributed by atoms with Gasteiger partial charge in [0.15, 0.2) is 0 Å². The third-order valence-electron chi connectivity index (χ3n) is 4.70. The molecule has 3 aliphatic rings. The van der Waals surface area contributed by atoms with Crippen LogP contribution >= 0.6 is 11.6 Å². The minimum absolute atomic E-state index is 0.116. The van der Waals surface area contributed by atoms with Crippen LogP contribution in [-0.2, 0) is 4.74 Å². The standard InChI is InChI=1S/C13H25ClN4O/c1-17-5-2-6-18(10-3-7-19-8-4-10)12-11(17)9-15-13(14)16-12/h10-13,15-16H,2-9H2,1H3. The largest absolute Gasteiger partial charge is 0.381 e. The highest BCUT2D eigenvalue weighted by atomic mass is 35.5. The molecule has 3 unspecified atom stereocenters. The van der Waals surface area contributed by atoms with Crippen molar-refractivity contribution >= 4 is 11.6 Å². The lowest BCUT2D eigenvalue weighted by molar-refractivity contribution is -0.0115. The molecule has 2 N–H and O–H groups in total. The van der Waals surface area contributed by atoms with Gasteiger partial charge in [-0.3, -0.25) is 20.4 Å². The van der Waals surface area contributed by atoms with Gasteiger partial charge in [0.25, 0.3) is 0 Å². The first-order valence-electron chi connectivity index (χ1n) is 7.43. The average molecular weight is 289 g/mol. The number of likely N-dealkylation sites (N-methyl/N-ethyl adjacent to an activating group) is 1. The van der Waals surface area contributed by atoms with Crippen LogP contribution in [-0.4, -0.2) is 73.6 Å². The molecular formula is C13H25ClN4O. The van der Waals surface area contributed by atoms with Crippen molar-refractivity contribution in [3.8, 4) is 0 Å². The van der Waals surface area contributed by atoms with Crippen LogP contribution < -0.4 is 10.6 Å². The monoisotopic (exact) mass is 288 g/mol. The van der Waals surface area contributed by atoms with Crippen molar-refractivity contribution < 1.29 is 4.74 Å². The van der Waals surface area contributed by atoms with Gasteiger partial charge in [0.2, 0.25) is 0 Å². The van der Waals surface area contributed by atoms with Crippen LogP contribution in [0.1, 0.15) is 19.3 Å². The maximum atomic E-state index is 6.25. The first kappa shape index (κ1) is 14.0. The van der Waals surface area contributed by atoms with E-state index in [1.807, 2.05) is 0 Å². The van der Waals surface area contributed by atoms with Gasteiger partial charge in [-0.1, -0.05) is 11.6 Å². The van der Waals surface area contributed by atoms with Gasteiger partial charge in [0, 0.05) is 32.3 Å². The summed E-state index contributed by atoms with van der Waals surface area (Å²) in [7, 11) is 2.23. The Hall–Kier alpha value is 0.0900. The summed E-state index contributed by atoms with van der Waals surface area (Å²) in [5.41, 5.74) is -0.116. The van der Waals surface area contributed by atoms with Gasteiger partial charge in [0.05, 0.1) is 12.2 Å². The number of halogens is 1. The van der Waals surface area contributed by atoms with E-state index in [1.54, 1.807) is 0 Å². The molecular weight excluding hydrogens is 264 g/mol. The Labute approximate surface area is 120 Å². The Morgan fingerprint density at radius 1 is 1.21 bits per heavy atom. The van der Waals surface area contributed by atoms with Gasteiger partial charge < -0.3 is 4.74 Å². The predicted octanol–water partition coefficient (Wildman–Crippen LogP) is 0.213. The first-order valence-corrected chi connectivity index (χ1v) is 7.86. The van der Waals surface area contributed by atoms with E-state index in [0.717, 1.165) is 45.7 Å². The number of hydrogen-bond donors (Lipinski definition) is 2. The van der Waals surface area contributed by atoms with E-state index >= 15 is 0 Å². The molecule has 0 amide bonds. The number of hydrogen-bond acceptors (Lipinski definition) is 5. The molecule has 3 rings (SSSR count). The maximum Gasteiger partial charge on any atom is 0.136 e. The lowest BCUT2D eigenvalue weighted by atomic mass is 10.0. The van der Waals surface area contributed by atoms with Gasteiger partial charge in [0.1, 0.15) is 5.62 Å². The van der Waals surface area contributed by atoms with E-state index < -0.39 is 0 Å². The van der Waals surface area contributed by atoms with E-state index in [4.69, 9.17) is 16.3 Å². The summed E-state index contributed by atoms with van der Waals surface area (Å²) >= 11 is 6.25. The van der Waals surface area contributed by atoms with Crippen molar-refractivity contribution in [1.82, 2.24) is 20.4 Å². The van der Waals surface area contributed by atoms with Crippen molar-refractivity contribution in [2.75, 3.05) is 39.9 Å². The van der Waals surface area contributed by atoms with E-state index in [2.05, 4.69) is 27.5 Å². The molecule has 3 aliphatic heterocycles. The molecule has 0 bridgehead atoms. The highest BCUT2D eigenvalue weighted by Crippen LogP contribution is 2.24. The van der Waals surface area contributed by atoms with Crippen molar-refractivity contribution in [3.05, 3.63) is 0 Å². The summed E-state index contributed by atoms with van der Waals surface area (Å²) in [6.45, 7) is 5.08. The van der Waals surface area contributed by atoms with Gasteiger partial charge in [-0.05, 0) is 32.9 Å². The molecule has 3 atom stereocenters. The number of fused-ring (bicyclic) bond motifs is 1. The van der Waals surface area contributed by atoms with Crippen LogP contribution in [0.2, 0.25) is 0 Å². The highest BCUT2D eigenvalue weighted by molar-refractivity contribution is 6.20. The molecule has 0 aromatic rings. The molecule has 0 aliphatic carbocycles. The molecule has 5 nitrogen and oxygen atoms in total. The highest BCUT2D eigenvalue weighted by Gasteiger charge is 2.39. The van der Waals surface area contributed by atoms with Crippen LogP contribution in [0.5, 0.6) is 0 Å². The van der Waals surface area contributed by atoms with Crippen molar-refractivity contribution in [3.63, 3.8) is 0 Å². The van der Waals surface area contributed by atoms with Crippen molar-refractivity contribution in [1.29, 1.82) is 0 Å². The molecule has 19 heavy (non-hydrogen) atoms.